The number of azo groups is 1. The van der Waals surface area contributed by atoms with Crippen molar-refractivity contribution in [3.05, 3.63) is 35.9 Å². The molecular weight excluding hydrogens is 254 g/mol. The highest BCUT2D eigenvalue weighted by Gasteiger charge is 2.27. The fourth-order valence-electron chi connectivity index (χ4n) is 1.21. The normalized spacial score (nSPS) is 14.6. The van der Waals surface area contributed by atoms with Crippen LogP contribution in [0, 0.1) is 11.3 Å². The Bertz CT molecular complexity index is 526. The SMILES string of the molecule is CC(C)(C)/N=N/C(C)(C#N)COC(=O)c1ccccc1. The van der Waals surface area contributed by atoms with Gasteiger partial charge in [-0.05, 0) is 39.8 Å². The first-order valence-electron chi connectivity index (χ1n) is 6.33. The van der Waals surface area contributed by atoms with Crippen molar-refractivity contribution in [2.75, 3.05) is 6.61 Å². The smallest absolute Gasteiger partial charge is 0.338 e. The lowest BCUT2D eigenvalue weighted by Crippen LogP contribution is -2.29. The Morgan fingerprint density at radius 3 is 2.30 bits per heavy atom. The van der Waals surface area contributed by atoms with Gasteiger partial charge in [0.25, 0.3) is 0 Å². The van der Waals surface area contributed by atoms with Crippen LogP contribution in [0.5, 0.6) is 0 Å². The van der Waals surface area contributed by atoms with Gasteiger partial charge in [0.15, 0.2) is 5.54 Å². The molecular formula is C15H19N3O2. The van der Waals surface area contributed by atoms with Gasteiger partial charge in [-0.25, -0.2) is 4.79 Å². The third-order valence-electron chi connectivity index (χ3n) is 2.31. The molecule has 0 aromatic heterocycles. The maximum absolute atomic E-state index is 11.8. The first-order chi connectivity index (χ1) is 9.26. The highest BCUT2D eigenvalue weighted by atomic mass is 16.5. The van der Waals surface area contributed by atoms with Crippen molar-refractivity contribution in [1.29, 1.82) is 5.26 Å². The molecule has 1 atom stereocenters. The molecule has 1 aromatic rings. The average Bonchev–Trinajstić information content (AvgIpc) is 2.43. The molecule has 0 amide bonds. The fourth-order valence-corrected chi connectivity index (χ4v) is 1.21. The van der Waals surface area contributed by atoms with Gasteiger partial charge in [-0.3, -0.25) is 0 Å². The van der Waals surface area contributed by atoms with E-state index in [4.69, 9.17) is 4.74 Å². The maximum atomic E-state index is 11.8. The summed E-state index contributed by atoms with van der Waals surface area (Å²) < 4.78 is 5.13. The van der Waals surface area contributed by atoms with E-state index in [1.54, 1.807) is 31.2 Å². The van der Waals surface area contributed by atoms with E-state index in [0.717, 1.165) is 0 Å². The number of hydrogen-bond donors (Lipinski definition) is 0. The Hall–Kier alpha value is -2.22. The van der Waals surface area contributed by atoms with Gasteiger partial charge in [-0.1, -0.05) is 18.2 Å². The number of rotatable bonds is 4. The van der Waals surface area contributed by atoms with Crippen LogP contribution in [0.15, 0.2) is 40.6 Å². The lowest BCUT2D eigenvalue weighted by molar-refractivity contribution is 0.0452. The number of nitriles is 1. The zero-order valence-electron chi connectivity index (χ0n) is 12.3. The van der Waals surface area contributed by atoms with E-state index >= 15 is 0 Å². The topological polar surface area (TPSA) is 74.8 Å². The van der Waals surface area contributed by atoms with Crippen molar-refractivity contribution in [2.45, 2.75) is 38.8 Å². The summed E-state index contributed by atoms with van der Waals surface area (Å²) in [6.45, 7) is 7.09. The molecule has 0 N–H and O–H groups in total. The van der Waals surface area contributed by atoms with Crippen LogP contribution in [0.1, 0.15) is 38.1 Å². The van der Waals surface area contributed by atoms with E-state index in [1.165, 1.54) is 0 Å². The Morgan fingerprint density at radius 2 is 1.80 bits per heavy atom. The minimum atomic E-state index is -1.17. The van der Waals surface area contributed by atoms with Gasteiger partial charge in [-0.15, -0.1) is 0 Å². The van der Waals surface area contributed by atoms with Crippen LogP contribution >= 0.6 is 0 Å². The minimum absolute atomic E-state index is 0.128. The number of esters is 1. The Morgan fingerprint density at radius 1 is 1.20 bits per heavy atom. The monoisotopic (exact) mass is 273 g/mol. The van der Waals surface area contributed by atoms with Gasteiger partial charge in [0.1, 0.15) is 6.61 Å². The predicted octanol–water partition coefficient (Wildman–Crippen LogP) is 3.38. The third kappa shape index (κ3) is 5.19. The lowest BCUT2D eigenvalue weighted by Gasteiger charge is -2.18. The summed E-state index contributed by atoms with van der Waals surface area (Å²) in [5.74, 6) is -0.474. The molecule has 1 rings (SSSR count). The van der Waals surface area contributed by atoms with Crippen molar-refractivity contribution in [3.63, 3.8) is 0 Å². The van der Waals surface area contributed by atoms with E-state index in [1.807, 2.05) is 32.9 Å². The minimum Gasteiger partial charge on any atom is -0.458 e. The molecule has 1 unspecified atom stereocenters. The van der Waals surface area contributed by atoms with Crippen LogP contribution in [0.25, 0.3) is 0 Å². The number of carbonyl (C=O) groups is 1. The molecule has 5 heteroatoms. The molecule has 1 aromatic carbocycles. The average molecular weight is 273 g/mol. The molecule has 0 aliphatic heterocycles. The van der Waals surface area contributed by atoms with E-state index in [0.29, 0.717) is 5.56 Å². The van der Waals surface area contributed by atoms with E-state index < -0.39 is 11.5 Å². The molecule has 0 bridgehead atoms. The van der Waals surface area contributed by atoms with E-state index in [2.05, 4.69) is 10.2 Å². The van der Waals surface area contributed by atoms with Crippen molar-refractivity contribution in [1.82, 2.24) is 0 Å². The summed E-state index contributed by atoms with van der Waals surface area (Å²) in [5.41, 5.74) is -1.10. The molecule has 0 aliphatic carbocycles. The molecule has 0 saturated carbocycles. The number of ether oxygens (including phenoxy) is 1. The van der Waals surface area contributed by atoms with Gasteiger partial charge in [-0.2, -0.15) is 15.5 Å². The molecule has 0 saturated heterocycles. The zero-order chi connectivity index (χ0) is 15.2. The van der Waals surface area contributed by atoms with Gasteiger partial charge in [0.05, 0.1) is 17.2 Å². The van der Waals surface area contributed by atoms with Crippen LogP contribution < -0.4 is 0 Å². The first kappa shape index (κ1) is 15.8. The predicted molar refractivity (Wildman–Crippen MR) is 75.4 cm³/mol. The summed E-state index contributed by atoms with van der Waals surface area (Å²) in [6.07, 6.45) is 0. The highest BCUT2D eigenvalue weighted by molar-refractivity contribution is 5.89. The largest absolute Gasteiger partial charge is 0.458 e. The Labute approximate surface area is 119 Å². The Balaban J connectivity index is 2.69. The second-order valence-electron chi connectivity index (χ2n) is 5.70. The summed E-state index contributed by atoms with van der Waals surface area (Å²) in [4.78, 5) is 11.8. The van der Waals surface area contributed by atoms with Gasteiger partial charge >= 0.3 is 5.97 Å². The molecule has 0 heterocycles. The molecule has 5 nitrogen and oxygen atoms in total. The van der Waals surface area contributed by atoms with Gasteiger partial charge in [0, 0.05) is 0 Å². The van der Waals surface area contributed by atoms with Crippen LogP contribution in [0.3, 0.4) is 0 Å². The highest BCUT2D eigenvalue weighted by Crippen LogP contribution is 2.16. The summed E-state index contributed by atoms with van der Waals surface area (Å²) in [7, 11) is 0. The summed E-state index contributed by atoms with van der Waals surface area (Å²) >= 11 is 0. The standard InChI is InChI=1S/C15H19N3O2/c1-14(2,3)17-18-15(4,10-16)11-20-13(19)12-8-6-5-7-9-12/h5-9H,11H2,1-4H3/b18-17+. The Kier molecular flexibility index (Phi) is 4.98. The number of hydrogen-bond acceptors (Lipinski definition) is 5. The van der Waals surface area contributed by atoms with Crippen LogP contribution in [-0.2, 0) is 4.74 Å². The van der Waals surface area contributed by atoms with Crippen molar-refractivity contribution in [3.8, 4) is 6.07 Å². The van der Waals surface area contributed by atoms with Crippen LogP contribution in [0.2, 0.25) is 0 Å². The molecule has 20 heavy (non-hydrogen) atoms. The quantitative estimate of drug-likeness (QED) is 0.623. The third-order valence-corrected chi connectivity index (χ3v) is 2.31. The number of nitrogens with zero attached hydrogens (tertiary/aromatic N) is 3. The van der Waals surface area contributed by atoms with Gasteiger partial charge in [0.2, 0.25) is 0 Å². The fraction of sp³-hybridized carbons (Fsp3) is 0.467. The summed E-state index contributed by atoms with van der Waals surface area (Å²) in [6, 6.07) is 10.6. The van der Waals surface area contributed by atoms with Crippen LogP contribution in [0.4, 0.5) is 0 Å². The number of benzene rings is 1. The second kappa shape index (κ2) is 6.29. The van der Waals surface area contributed by atoms with Crippen molar-refractivity contribution in [2.24, 2.45) is 10.2 Å². The summed E-state index contributed by atoms with van der Waals surface area (Å²) in [5, 5.41) is 17.2. The number of carbonyl (C=O) groups excluding carboxylic acids is 1. The molecule has 0 spiro atoms. The van der Waals surface area contributed by atoms with Crippen molar-refractivity contribution >= 4 is 5.97 Å². The second-order valence-corrected chi connectivity index (χ2v) is 5.70. The van der Waals surface area contributed by atoms with Crippen LogP contribution in [-0.4, -0.2) is 23.7 Å². The van der Waals surface area contributed by atoms with E-state index in [9.17, 15) is 10.1 Å². The molecule has 0 fully saturated rings. The lowest BCUT2D eigenvalue weighted by atomic mass is 10.1. The molecule has 0 radical (unpaired) electrons. The molecule has 0 aliphatic rings. The first-order valence-corrected chi connectivity index (χ1v) is 6.33. The maximum Gasteiger partial charge on any atom is 0.338 e. The van der Waals surface area contributed by atoms with Gasteiger partial charge < -0.3 is 4.74 Å². The molecule has 106 valence electrons. The van der Waals surface area contributed by atoms with Crippen molar-refractivity contribution < 1.29 is 9.53 Å². The zero-order valence-corrected chi connectivity index (χ0v) is 12.3. The van der Waals surface area contributed by atoms with E-state index in [-0.39, 0.29) is 12.1 Å².